The maximum absolute atomic E-state index is 6.21. The molecule has 5 rings (SSSR count). The monoisotopic (exact) mass is 461 g/mol. The van der Waals surface area contributed by atoms with E-state index in [1.165, 1.54) is 0 Å². The summed E-state index contributed by atoms with van der Waals surface area (Å²) in [5, 5.41) is 6.75. The molecule has 0 radical (unpaired) electrons. The zero-order chi connectivity index (χ0) is 22.1. The first-order valence-corrected chi connectivity index (χ1v) is 11.2. The number of rotatable bonds is 6. The number of para-hydroxylation sites is 3. The Morgan fingerprint density at radius 3 is 2.56 bits per heavy atom. The van der Waals surface area contributed by atoms with Gasteiger partial charge >= 0.3 is 0 Å². The number of hydrogen-bond acceptors (Lipinski definition) is 3. The molecule has 0 bridgehead atoms. The number of fused-ring (bicyclic) bond motifs is 2. The molecule has 0 fully saturated rings. The third kappa shape index (κ3) is 3.85. The third-order valence-corrected chi connectivity index (χ3v) is 6.23. The molecule has 0 saturated carbocycles. The smallest absolute Gasteiger partial charge is 0.224 e. The zero-order valence-corrected chi connectivity index (χ0v) is 19.0. The Morgan fingerprint density at radius 1 is 0.969 bits per heavy atom. The van der Waals surface area contributed by atoms with Crippen LogP contribution in [0.2, 0.25) is 10.0 Å². The largest absolute Gasteiger partial charge is 0.342 e. The van der Waals surface area contributed by atoms with Crippen molar-refractivity contribution in [3.8, 4) is 0 Å². The van der Waals surface area contributed by atoms with Gasteiger partial charge in [0.1, 0.15) is 0 Å². The SMILES string of the molecule is CCn1c(N/N=C\c2cn(Cc3ccc(Cl)c(Cl)c3)c3ccccc23)nc2ccccc21. The van der Waals surface area contributed by atoms with Crippen LogP contribution in [0.4, 0.5) is 5.95 Å². The number of benzene rings is 3. The lowest BCUT2D eigenvalue weighted by atomic mass is 10.2. The van der Waals surface area contributed by atoms with Gasteiger partial charge in [-0.05, 0) is 42.8 Å². The average Bonchev–Trinajstić information content (AvgIpc) is 3.34. The Bertz CT molecular complexity index is 1450. The summed E-state index contributed by atoms with van der Waals surface area (Å²) in [5.74, 6) is 0.726. The van der Waals surface area contributed by atoms with E-state index in [2.05, 4.69) is 56.0 Å². The molecule has 0 aliphatic heterocycles. The highest BCUT2D eigenvalue weighted by Gasteiger charge is 2.10. The summed E-state index contributed by atoms with van der Waals surface area (Å²) in [6.45, 7) is 3.59. The molecule has 5 aromatic rings. The minimum Gasteiger partial charge on any atom is -0.342 e. The summed E-state index contributed by atoms with van der Waals surface area (Å²) < 4.78 is 4.30. The van der Waals surface area contributed by atoms with Gasteiger partial charge in [-0.15, -0.1) is 0 Å². The molecule has 0 unspecified atom stereocenters. The van der Waals surface area contributed by atoms with E-state index in [0.717, 1.165) is 45.6 Å². The van der Waals surface area contributed by atoms with Gasteiger partial charge in [0, 0.05) is 35.8 Å². The van der Waals surface area contributed by atoms with Gasteiger partial charge in [-0.2, -0.15) is 5.10 Å². The van der Waals surface area contributed by atoms with Crippen molar-refractivity contribution in [2.75, 3.05) is 5.43 Å². The quantitative estimate of drug-likeness (QED) is 0.223. The van der Waals surface area contributed by atoms with Crippen LogP contribution in [0, 0.1) is 0 Å². The summed E-state index contributed by atoms with van der Waals surface area (Å²) in [5.41, 5.74) is 8.39. The van der Waals surface area contributed by atoms with Gasteiger partial charge in [0.25, 0.3) is 0 Å². The van der Waals surface area contributed by atoms with E-state index in [0.29, 0.717) is 16.6 Å². The second-order valence-electron chi connectivity index (χ2n) is 7.52. The summed E-state index contributed by atoms with van der Waals surface area (Å²) in [6.07, 6.45) is 3.94. The first kappa shape index (κ1) is 20.6. The van der Waals surface area contributed by atoms with Crippen LogP contribution in [-0.2, 0) is 13.1 Å². The Kier molecular flexibility index (Phi) is 5.60. The second-order valence-corrected chi connectivity index (χ2v) is 8.33. The van der Waals surface area contributed by atoms with Crippen molar-refractivity contribution in [3.63, 3.8) is 0 Å². The summed E-state index contributed by atoms with van der Waals surface area (Å²) in [6, 6.07) is 22.1. The molecule has 0 aliphatic rings. The van der Waals surface area contributed by atoms with Crippen LogP contribution in [0.15, 0.2) is 78.0 Å². The van der Waals surface area contributed by atoms with Gasteiger partial charge < -0.3 is 9.13 Å². The molecular weight excluding hydrogens is 441 g/mol. The van der Waals surface area contributed by atoms with Crippen molar-refractivity contribution in [3.05, 3.63) is 94.1 Å². The fourth-order valence-electron chi connectivity index (χ4n) is 3.98. The van der Waals surface area contributed by atoms with E-state index in [9.17, 15) is 0 Å². The van der Waals surface area contributed by atoms with E-state index in [1.54, 1.807) is 0 Å². The lowest BCUT2D eigenvalue weighted by Gasteiger charge is -2.06. The van der Waals surface area contributed by atoms with Gasteiger partial charge in [0.2, 0.25) is 5.95 Å². The highest BCUT2D eigenvalue weighted by molar-refractivity contribution is 6.42. The molecule has 3 aromatic carbocycles. The normalized spacial score (nSPS) is 11.7. The highest BCUT2D eigenvalue weighted by atomic mass is 35.5. The van der Waals surface area contributed by atoms with Crippen molar-refractivity contribution in [2.45, 2.75) is 20.0 Å². The van der Waals surface area contributed by atoms with Crippen LogP contribution >= 0.6 is 23.2 Å². The molecule has 0 amide bonds. The van der Waals surface area contributed by atoms with E-state index in [1.807, 2.05) is 54.7 Å². The lowest BCUT2D eigenvalue weighted by Crippen LogP contribution is -2.01. The van der Waals surface area contributed by atoms with Crippen LogP contribution in [-0.4, -0.2) is 20.3 Å². The first-order chi connectivity index (χ1) is 15.6. The predicted molar refractivity (Wildman–Crippen MR) is 134 cm³/mol. The van der Waals surface area contributed by atoms with Crippen LogP contribution in [0.25, 0.3) is 21.9 Å². The van der Waals surface area contributed by atoms with Crippen LogP contribution in [0.3, 0.4) is 0 Å². The zero-order valence-electron chi connectivity index (χ0n) is 17.5. The molecule has 0 saturated heterocycles. The van der Waals surface area contributed by atoms with E-state index in [-0.39, 0.29) is 0 Å². The van der Waals surface area contributed by atoms with Crippen LogP contribution in [0.1, 0.15) is 18.1 Å². The Hall–Kier alpha value is -3.28. The summed E-state index contributed by atoms with van der Waals surface area (Å²) >= 11 is 12.3. The molecule has 160 valence electrons. The number of hydrogen-bond donors (Lipinski definition) is 1. The number of hydrazone groups is 1. The topological polar surface area (TPSA) is 47.1 Å². The second kappa shape index (κ2) is 8.69. The van der Waals surface area contributed by atoms with Gasteiger partial charge in [-0.3, -0.25) is 0 Å². The number of imidazole rings is 1. The van der Waals surface area contributed by atoms with Crippen molar-refractivity contribution < 1.29 is 0 Å². The van der Waals surface area contributed by atoms with Crippen LogP contribution in [0.5, 0.6) is 0 Å². The molecule has 0 atom stereocenters. The minimum atomic E-state index is 0.560. The standard InChI is InChI=1S/C25H21Cl2N5/c1-2-32-24-10-6-4-8-22(24)29-25(32)30-28-14-18-16-31(23-9-5-3-7-19(18)23)15-17-11-12-20(26)21(27)13-17/h3-14,16H,2,15H2,1H3,(H,29,30)/b28-14-. The van der Waals surface area contributed by atoms with Crippen LogP contribution < -0.4 is 5.43 Å². The number of aryl methyl sites for hydroxylation is 1. The lowest BCUT2D eigenvalue weighted by molar-refractivity contribution is 0.791. The number of nitrogens with one attached hydrogen (secondary N) is 1. The molecule has 7 heteroatoms. The summed E-state index contributed by atoms with van der Waals surface area (Å²) in [7, 11) is 0. The van der Waals surface area contributed by atoms with Gasteiger partial charge in [0.15, 0.2) is 0 Å². The number of halogens is 2. The van der Waals surface area contributed by atoms with Crippen molar-refractivity contribution in [1.29, 1.82) is 0 Å². The molecule has 2 heterocycles. The van der Waals surface area contributed by atoms with E-state index >= 15 is 0 Å². The van der Waals surface area contributed by atoms with Crippen molar-refractivity contribution in [2.24, 2.45) is 5.10 Å². The van der Waals surface area contributed by atoms with Crippen molar-refractivity contribution >= 4 is 57.3 Å². The number of nitrogens with zero attached hydrogens (tertiary/aromatic N) is 4. The van der Waals surface area contributed by atoms with Gasteiger partial charge in [-0.1, -0.05) is 59.6 Å². The van der Waals surface area contributed by atoms with E-state index < -0.39 is 0 Å². The predicted octanol–water partition coefficient (Wildman–Crippen LogP) is 6.81. The summed E-state index contributed by atoms with van der Waals surface area (Å²) in [4.78, 5) is 4.66. The number of aromatic nitrogens is 3. The van der Waals surface area contributed by atoms with Gasteiger partial charge in [0.05, 0.1) is 27.3 Å². The Balaban J connectivity index is 1.45. The van der Waals surface area contributed by atoms with Gasteiger partial charge in [-0.25, -0.2) is 10.4 Å². The fraction of sp³-hybridized carbons (Fsp3) is 0.120. The average molecular weight is 462 g/mol. The highest BCUT2D eigenvalue weighted by Crippen LogP contribution is 2.26. The molecule has 5 nitrogen and oxygen atoms in total. The Morgan fingerprint density at radius 2 is 1.75 bits per heavy atom. The Labute approximate surface area is 195 Å². The molecule has 1 N–H and O–H groups in total. The molecule has 0 spiro atoms. The fourth-order valence-corrected chi connectivity index (χ4v) is 4.30. The molecule has 32 heavy (non-hydrogen) atoms. The molecule has 0 aliphatic carbocycles. The maximum Gasteiger partial charge on any atom is 0.224 e. The molecule has 2 aromatic heterocycles. The first-order valence-electron chi connectivity index (χ1n) is 10.4. The third-order valence-electron chi connectivity index (χ3n) is 5.50. The molecular formula is C25H21Cl2N5. The number of anilines is 1. The van der Waals surface area contributed by atoms with E-state index in [4.69, 9.17) is 23.2 Å². The minimum absolute atomic E-state index is 0.560. The van der Waals surface area contributed by atoms with Crippen molar-refractivity contribution in [1.82, 2.24) is 14.1 Å². The maximum atomic E-state index is 6.21.